The molecule has 1 aromatic heterocycles. The van der Waals surface area contributed by atoms with Crippen molar-refractivity contribution in [3.8, 4) is 11.4 Å². The highest BCUT2D eigenvalue weighted by atomic mass is 19.3. The second-order valence-electron chi connectivity index (χ2n) is 5.91. The Kier molecular flexibility index (Phi) is 6.18. The van der Waals surface area contributed by atoms with Gasteiger partial charge in [0.2, 0.25) is 0 Å². The van der Waals surface area contributed by atoms with Gasteiger partial charge in [0, 0.05) is 12.4 Å². The highest BCUT2D eigenvalue weighted by molar-refractivity contribution is 5.98. The average molecular weight is 401 g/mol. The van der Waals surface area contributed by atoms with Crippen LogP contribution in [0.4, 0.5) is 14.5 Å². The number of ether oxygens (including phenoxy) is 2. The predicted molar refractivity (Wildman–Crippen MR) is 100 cm³/mol. The van der Waals surface area contributed by atoms with Gasteiger partial charge in [0.1, 0.15) is 5.75 Å². The van der Waals surface area contributed by atoms with Gasteiger partial charge in [-0.15, -0.1) is 0 Å². The molecule has 1 atom stereocenters. The maximum absolute atomic E-state index is 12.5. The largest absolute Gasteiger partial charge is 0.449 e. The van der Waals surface area contributed by atoms with Crippen molar-refractivity contribution in [1.82, 2.24) is 9.78 Å². The molecule has 0 saturated carbocycles. The van der Waals surface area contributed by atoms with Crippen LogP contribution in [-0.4, -0.2) is 34.4 Å². The van der Waals surface area contributed by atoms with Crippen molar-refractivity contribution in [2.24, 2.45) is 0 Å². The van der Waals surface area contributed by atoms with Crippen LogP contribution in [0.5, 0.6) is 5.75 Å². The maximum atomic E-state index is 12.5. The Balaban J connectivity index is 1.62. The van der Waals surface area contributed by atoms with E-state index in [2.05, 4.69) is 15.2 Å². The molecule has 150 valence electrons. The van der Waals surface area contributed by atoms with Gasteiger partial charge in [-0.2, -0.15) is 13.9 Å². The number of benzene rings is 2. The molecular formula is C20H17F2N3O4. The van der Waals surface area contributed by atoms with Crippen molar-refractivity contribution in [2.75, 3.05) is 5.32 Å². The van der Waals surface area contributed by atoms with Crippen molar-refractivity contribution in [1.29, 1.82) is 0 Å². The van der Waals surface area contributed by atoms with E-state index in [0.717, 1.165) is 5.69 Å². The number of nitrogens with one attached hydrogen (secondary N) is 1. The van der Waals surface area contributed by atoms with E-state index in [1.807, 2.05) is 0 Å². The Morgan fingerprint density at radius 2 is 1.79 bits per heavy atom. The number of para-hydroxylation sites is 2. The minimum atomic E-state index is -3.03. The average Bonchev–Trinajstić information content (AvgIpc) is 3.24. The lowest BCUT2D eigenvalue weighted by Gasteiger charge is -2.16. The lowest BCUT2D eigenvalue weighted by atomic mass is 10.2. The van der Waals surface area contributed by atoms with E-state index in [1.54, 1.807) is 53.5 Å². The van der Waals surface area contributed by atoms with E-state index in [-0.39, 0.29) is 17.0 Å². The lowest BCUT2D eigenvalue weighted by Crippen LogP contribution is -2.30. The summed E-state index contributed by atoms with van der Waals surface area (Å²) in [6.45, 7) is -1.66. The number of carbonyl (C=O) groups excluding carboxylic acids is 2. The number of rotatable bonds is 7. The molecule has 0 saturated heterocycles. The van der Waals surface area contributed by atoms with Gasteiger partial charge in [0.05, 0.1) is 16.9 Å². The van der Waals surface area contributed by atoms with Gasteiger partial charge in [-0.05, 0) is 49.4 Å². The molecule has 0 bridgehead atoms. The van der Waals surface area contributed by atoms with Gasteiger partial charge in [0.15, 0.2) is 6.10 Å². The molecule has 3 rings (SSSR count). The first-order valence-corrected chi connectivity index (χ1v) is 8.60. The maximum Gasteiger partial charge on any atom is 0.387 e. The fraction of sp³-hybridized carbons (Fsp3) is 0.150. The molecule has 2 aromatic carbocycles. The third kappa shape index (κ3) is 5.16. The van der Waals surface area contributed by atoms with E-state index in [9.17, 15) is 18.4 Å². The smallest absolute Gasteiger partial charge is 0.387 e. The van der Waals surface area contributed by atoms with Gasteiger partial charge in [-0.3, -0.25) is 4.79 Å². The van der Waals surface area contributed by atoms with Crippen LogP contribution in [-0.2, 0) is 9.53 Å². The summed E-state index contributed by atoms with van der Waals surface area (Å²) < 4.78 is 36.1. The van der Waals surface area contributed by atoms with Crippen LogP contribution in [0.25, 0.3) is 5.69 Å². The zero-order valence-corrected chi connectivity index (χ0v) is 15.3. The summed E-state index contributed by atoms with van der Waals surface area (Å²) in [5.74, 6) is -1.57. The van der Waals surface area contributed by atoms with E-state index in [0.29, 0.717) is 0 Å². The summed E-state index contributed by atoms with van der Waals surface area (Å²) in [4.78, 5) is 24.6. The van der Waals surface area contributed by atoms with Crippen molar-refractivity contribution in [2.45, 2.75) is 19.6 Å². The Bertz CT molecular complexity index is 976. The summed E-state index contributed by atoms with van der Waals surface area (Å²) in [6, 6.07) is 14.0. The van der Waals surface area contributed by atoms with Crippen LogP contribution in [0.15, 0.2) is 67.0 Å². The molecule has 0 radical (unpaired) electrons. The minimum Gasteiger partial charge on any atom is -0.449 e. The van der Waals surface area contributed by atoms with Crippen molar-refractivity contribution >= 4 is 17.6 Å². The third-order valence-corrected chi connectivity index (χ3v) is 3.89. The summed E-state index contributed by atoms with van der Waals surface area (Å²) in [7, 11) is 0. The number of carbonyl (C=O) groups is 2. The van der Waals surface area contributed by atoms with Crippen LogP contribution in [0, 0.1) is 0 Å². The first-order chi connectivity index (χ1) is 13.9. The SMILES string of the molecule is C[C@H](OC(=O)c1ccc(-n2cccn2)cc1)C(=O)Nc1ccccc1OC(F)F. The van der Waals surface area contributed by atoms with Gasteiger partial charge >= 0.3 is 12.6 Å². The monoisotopic (exact) mass is 401 g/mol. The molecule has 0 fully saturated rings. The summed E-state index contributed by atoms with van der Waals surface area (Å²) in [5.41, 5.74) is 1.05. The molecule has 0 aliphatic rings. The predicted octanol–water partition coefficient (Wildman–Crippen LogP) is 3.66. The van der Waals surface area contributed by atoms with Crippen molar-refractivity contribution < 1.29 is 27.8 Å². The quantitative estimate of drug-likeness (QED) is 0.611. The molecule has 0 unspecified atom stereocenters. The minimum absolute atomic E-state index is 0.0456. The number of aromatic nitrogens is 2. The molecule has 0 spiro atoms. The van der Waals surface area contributed by atoms with E-state index >= 15 is 0 Å². The van der Waals surface area contributed by atoms with Gasteiger partial charge in [0.25, 0.3) is 5.91 Å². The Morgan fingerprint density at radius 1 is 1.07 bits per heavy atom. The van der Waals surface area contributed by atoms with Crippen molar-refractivity contribution in [3.63, 3.8) is 0 Å². The van der Waals surface area contributed by atoms with Crippen LogP contribution >= 0.6 is 0 Å². The fourth-order valence-electron chi connectivity index (χ4n) is 2.46. The second-order valence-corrected chi connectivity index (χ2v) is 5.91. The third-order valence-electron chi connectivity index (χ3n) is 3.89. The number of alkyl halides is 2. The van der Waals surface area contributed by atoms with Gasteiger partial charge in [-0.25, -0.2) is 9.48 Å². The first-order valence-electron chi connectivity index (χ1n) is 8.60. The zero-order valence-electron chi connectivity index (χ0n) is 15.3. The molecular weight excluding hydrogens is 384 g/mol. The van der Waals surface area contributed by atoms with Crippen LogP contribution < -0.4 is 10.1 Å². The van der Waals surface area contributed by atoms with Crippen LogP contribution in [0.1, 0.15) is 17.3 Å². The number of amides is 1. The standard InChI is InChI=1S/C20H17F2N3O4/c1-13(18(26)24-16-5-2-3-6-17(16)29-20(21)22)28-19(27)14-7-9-15(10-8-14)25-12-4-11-23-25/h2-13,20H,1H3,(H,24,26)/t13-/m0/s1. The molecule has 29 heavy (non-hydrogen) atoms. The molecule has 1 amide bonds. The summed E-state index contributed by atoms with van der Waals surface area (Å²) >= 11 is 0. The number of hydrogen-bond donors (Lipinski definition) is 1. The van der Waals surface area contributed by atoms with Crippen LogP contribution in [0.2, 0.25) is 0 Å². The van der Waals surface area contributed by atoms with Crippen molar-refractivity contribution in [3.05, 3.63) is 72.6 Å². The van der Waals surface area contributed by atoms with Crippen LogP contribution in [0.3, 0.4) is 0 Å². The number of anilines is 1. The molecule has 1 heterocycles. The number of halogens is 2. The fourth-order valence-corrected chi connectivity index (χ4v) is 2.46. The first kappa shape index (κ1) is 20.0. The topological polar surface area (TPSA) is 82.5 Å². The van der Waals surface area contributed by atoms with Gasteiger partial charge in [-0.1, -0.05) is 12.1 Å². The van der Waals surface area contributed by atoms with Gasteiger partial charge < -0.3 is 14.8 Å². The second kappa shape index (κ2) is 8.96. The Hall–Kier alpha value is -3.75. The van der Waals surface area contributed by atoms with E-state index in [1.165, 1.54) is 25.1 Å². The Morgan fingerprint density at radius 3 is 2.45 bits per heavy atom. The molecule has 7 nitrogen and oxygen atoms in total. The molecule has 1 N–H and O–H groups in total. The number of hydrogen-bond acceptors (Lipinski definition) is 5. The molecule has 9 heteroatoms. The zero-order chi connectivity index (χ0) is 20.8. The lowest BCUT2D eigenvalue weighted by molar-refractivity contribution is -0.123. The van der Waals surface area contributed by atoms with E-state index in [4.69, 9.17) is 4.74 Å². The highest BCUT2D eigenvalue weighted by Gasteiger charge is 2.21. The molecule has 0 aliphatic carbocycles. The Labute approximate surface area is 164 Å². The summed E-state index contributed by atoms with van der Waals surface area (Å²) in [5, 5.41) is 6.50. The van der Waals surface area contributed by atoms with E-state index < -0.39 is 24.6 Å². The number of nitrogens with zero attached hydrogens (tertiary/aromatic N) is 2. The molecule has 3 aromatic rings. The normalized spacial score (nSPS) is 11.7. The number of esters is 1. The highest BCUT2D eigenvalue weighted by Crippen LogP contribution is 2.25. The summed E-state index contributed by atoms with van der Waals surface area (Å²) in [6.07, 6.45) is 2.23. The molecule has 0 aliphatic heterocycles.